The van der Waals surface area contributed by atoms with Crippen LogP contribution in [0.5, 0.6) is 0 Å². The van der Waals surface area contributed by atoms with E-state index in [1.165, 1.54) is 6.92 Å². The van der Waals surface area contributed by atoms with E-state index in [4.69, 9.17) is 10.8 Å². The molecule has 3 atom stereocenters. The Hall–Kier alpha value is -1.10. The van der Waals surface area contributed by atoms with Crippen LogP contribution in [0.3, 0.4) is 0 Å². The van der Waals surface area contributed by atoms with Crippen LogP contribution in [-0.2, 0) is 6.42 Å². The van der Waals surface area contributed by atoms with E-state index in [0.29, 0.717) is 12.1 Å². The van der Waals surface area contributed by atoms with Gasteiger partial charge in [0.05, 0.1) is 12.2 Å². The van der Waals surface area contributed by atoms with Gasteiger partial charge in [0.15, 0.2) is 0 Å². The molecule has 0 aromatic heterocycles. The number of hydrogen-bond donors (Lipinski definition) is 4. The number of anilines is 1. The second kappa shape index (κ2) is 5.11. The van der Waals surface area contributed by atoms with Gasteiger partial charge in [0.2, 0.25) is 0 Å². The minimum Gasteiger partial charge on any atom is -0.399 e. The van der Waals surface area contributed by atoms with Gasteiger partial charge in [0, 0.05) is 12.1 Å². The van der Waals surface area contributed by atoms with Gasteiger partial charge < -0.3 is 21.1 Å². The summed E-state index contributed by atoms with van der Waals surface area (Å²) in [6.07, 6.45) is -2.73. The number of nitrogen functional groups attached to an aromatic ring is 1. The van der Waals surface area contributed by atoms with Crippen LogP contribution in [0, 0.1) is 0 Å². The first-order valence-corrected chi connectivity index (χ1v) is 4.89. The highest BCUT2D eigenvalue weighted by Crippen LogP contribution is 2.11. The fourth-order valence-electron chi connectivity index (χ4n) is 1.34. The van der Waals surface area contributed by atoms with Gasteiger partial charge in [-0.15, -0.1) is 0 Å². The zero-order valence-corrected chi connectivity index (χ0v) is 8.67. The van der Waals surface area contributed by atoms with E-state index >= 15 is 0 Å². The molecule has 84 valence electrons. The van der Waals surface area contributed by atoms with Crippen LogP contribution in [0.25, 0.3) is 0 Å². The maximum Gasteiger partial charge on any atom is 0.106 e. The Balaban J connectivity index is 2.58. The van der Waals surface area contributed by atoms with Crippen molar-refractivity contribution in [2.45, 2.75) is 31.7 Å². The summed E-state index contributed by atoms with van der Waals surface area (Å²) in [4.78, 5) is 0. The summed E-state index contributed by atoms with van der Waals surface area (Å²) in [6.45, 7) is 1.44. The first-order chi connectivity index (χ1) is 7.00. The monoisotopic (exact) mass is 211 g/mol. The summed E-state index contributed by atoms with van der Waals surface area (Å²) in [5.74, 6) is 0. The molecule has 1 aromatic carbocycles. The summed E-state index contributed by atoms with van der Waals surface area (Å²) in [7, 11) is 0. The average molecular weight is 211 g/mol. The van der Waals surface area contributed by atoms with Crippen LogP contribution in [-0.4, -0.2) is 33.6 Å². The lowest BCUT2D eigenvalue weighted by Gasteiger charge is -2.20. The first kappa shape index (κ1) is 12.0. The summed E-state index contributed by atoms with van der Waals surface area (Å²) in [6, 6.07) is 7.04. The van der Waals surface area contributed by atoms with Crippen molar-refractivity contribution in [3.63, 3.8) is 0 Å². The van der Waals surface area contributed by atoms with E-state index in [9.17, 15) is 10.2 Å². The van der Waals surface area contributed by atoms with Crippen LogP contribution in [0.2, 0.25) is 0 Å². The third-order valence-corrected chi connectivity index (χ3v) is 2.31. The predicted octanol–water partition coefficient (Wildman–Crippen LogP) is -0.0861. The van der Waals surface area contributed by atoms with E-state index in [1.807, 2.05) is 0 Å². The van der Waals surface area contributed by atoms with Gasteiger partial charge >= 0.3 is 0 Å². The lowest BCUT2D eigenvalue weighted by atomic mass is 10.0. The average Bonchev–Trinajstić information content (AvgIpc) is 2.20. The molecule has 0 fully saturated rings. The van der Waals surface area contributed by atoms with Crippen molar-refractivity contribution in [2.75, 3.05) is 5.73 Å². The van der Waals surface area contributed by atoms with Crippen LogP contribution in [0.1, 0.15) is 12.5 Å². The third kappa shape index (κ3) is 3.51. The zero-order valence-electron chi connectivity index (χ0n) is 8.67. The number of aliphatic hydroxyl groups is 3. The summed E-state index contributed by atoms with van der Waals surface area (Å²) < 4.78 is 0. The molecule has 0 unspecified atom stereocenters. The maximum absolute atomic E-state index is 9.57. The molecule has 15 heavy (non-hydrogen) atoms. The van der Waals surface area contributed by atoms with Gasteiger partial charge in [-0.2, -0.15) is 0 Å². The fourth-order valence-corrected chi connectivity index (χ4v) is 1.34. The van der Waals surface area contributed by atoms with E-state index in [2.05, 4.69) is 0 Å². The van der Waals surface area contributed by atoms with Crippen molar-refractivity contribution in [1.82, 2.24) is 0 Å². The maximum atomic E-state index is 9.57. The normalized spacial score (nSPS) is 17.1. The highest BCUT2D eigenvalue weighted by Gasteiger charge is 2.21. The van der Waals surface area contributed by atoms with Gasteiger partial charge in [-0.25, -0.2) is 0 Å². The van der Waals surface area contributed by atoms with Crippen LogP contribution >= 0.6 is 0 Å². The molecule has 1 aromatic rings. The van der Waals surface area contributed by atoms with E-state index in [1.54, 1.807) is 24.3 Å². The molecule has 1 rings (SSSR count). The molecule has 0 aliphatic heterocycles. The SMILES string of the molecule is C[C@@H](O)[C@@H](O)[C@@H](O)Cc1ccc(N)cc1. The van der Waals surface area contributed by atoms with Gasteiger partial charge in [0.25, 0.3) is 0 Å². The van der Waals surface area contributed by atoms with Crippen molar-refractivity contribution in [3.8, 4) is 0 Å². The van der Waals surface area contributed by atoms with Gasteiger partial charge in [-0.3, -0.25) is 0 Å². The van der Waals surface area contributed by atoms with Crippen molar-refractivity contribution < 1.29 is 15.3 Å². The number of aliphatic hydroxyl groups excluding tert-OH is 3. The number of rotatable bonds is 4. The van der Waals surface area contributed by atoms with E-state index in [-0.39, 0.29) is 0 Å². The van der Waals surface area contributed by atoms with Crippen LogP contribution in [0.15, 0.2) is 24.3 Å². The van der Waals surface area contributed by atoms with Crippen molar-refractivity contribution in [2.24, 2.45) is 0 Å². The second-order valence-electron chi connectivity index (χ2n) is 3.74. The molecular weight excluding hydrogens is 194 g/mol. The molecule has 4 nitrogen and oxygen atoms in total. The Morgan fingerprint density at radius 1 is 1.13 bits per heavy atom. The lowest BCUT2D eigenvalue weighted by Crippen LogP contribution is -2.36. The molecule has 0 saturated heterocycles. The molecule has 0 bridgehead atoms. The molecule has 0 heterocycles. The molecule has 0 aliphatic carbocycles. The third-order valence-electron chi connectivity index (χ3n) is 2.31. The lowest BCUT2D eigenvalue weighted by molar-refractivity contribution is -0.0509. The van der Waals surface area contributed by atoms with Crippen LogP contribution < -0.4 is 5.73 Å². The molecule has 0 spiro atoms. The Labute approximate surface area is 89.0 Å². The highest BCUT2D eigenvalue weighted by atomic mass is 16.4. The largest absolute Gasteiger partial charge is 0.399 e. The van der Waals surface area contributed by atoms with Gasteiger partial charge in [0.1, 0.15) is 6.10 Å². The topological polar surface area (TPSA) is 86.7 Å². The standard InChI is InChI=1S/C11H17NO3/c1-7(13)11(15)10(14)6-8-2-4-9(12)5-3-8/h2-5,7,10-11,13-15H,6,12H2,1H3/t7-,10+,11-/m1/s1. The Bertz CT molecular complexity index is 297. The minimum absolute atomic E-state index is 0.298. The number of benzene rings is 1. The Morgan fingerprint density at radius 2 is 1.67 bits per heavy atom. The van der Waals surface area contributed by atoms with Gasteiger partial charge in [-0.1, -0.05) is 12.1 Å². The number of hydrogen-bond acceptors (Lipinski definition) is 4. The summed E-state index contributed by atoms with van der Waals surface area (Å²) in [5, 5.41) is 28.0. The second-order valence-corrected chi connectivity index (χ2v) is 3.74. The molecule has 5 N–H and O–H groups in total. The predicted molar refractivity (Wildman–Crippen MR) is 58.3 cm³/mol. The van der Waals surface area contributed by atoms with Crippen molar-refractivity contribution in [1.29, 1.82) is 0 Å². The van der Waals surface area contributed by atoms with Crippen molar-refractivity contribution in [3.05, 3.63) is 29.8 Å². The molecule has 0 radical (unpaired) electrons. The summed E-state index contributed by atoms with van der Waals surface area (Å²) >= 11 is 0. The van der Waals surface area contributed by atoms with Gasteiger partial charge in [-0.05, 0) is 24.6 Å². The smallest absolute Gasteiger partial charge is 0.106 e. The van der Waals surface area contributed by atoms with Crippen LogP contribution in [0.4, 0.5) is 5.69 Å². The molecule has 0 saturated carbocycles. The van der Waals surface area contributed by atoms with E-state index in [0.717, 1.165) is 5.56 Å². The molecule has 0 amide bonds. The first-order valence-electron chi connectivity index (χ1n) is 4.89. The fraction of sp³-hybridized carbons (Fsp3) is 0.455. The summed E-state index contributed by atoms with van der Waals surface area (Å²) in [5.41, 5.74) is 7.04. The quantitative estimate of drug-likeness (QED) is 0.524. The Kier molecular flexibility index (Phi) is 4.08. The van der Waals surface area contributed by atoms with E-state index < -0.39 is 18.3 Å². The minimum atomic E-state index is -1.12. The number of nitrogens with two attached hydrogens (primary N) is 1. The zero-order chi connectivity index (χ0) is 11.4. The Morgan fingerprint density at radius 3 is 2.13 bits per heavy atom. The highest BCUT2D eigenvalue weighted by molar-refractivity contribution is 5.39. The molecule has 0 aliphatic rings. The molecule has 4 heteroatoms. The van der Waals surface area contributed by atoms with Crippen molar-refractivity contribution >= 4 is 5.69 Å². The molecular formula is C11H17NO3.